The molecule has 21 heavy (non-hydrogen) atoms. The van der Waals surface area contributed by atoms with Gasteiger partial charge in [-0.15, -0.1) is 12.4 Å². The predicted octanol–water partition coefficient (Wildman–Crippen LogP) is 3.81. The molecule has 0 radical (unpaired) electrons. The van der Waals surface area contributed by atoms with Crippen LogP contribution in [-0.2, 0) is 4.79 Å². The zero-order valence-electron chi connectivity index (χ0n) is 12.6. The van der Waals surface area contributed by atoms with Gasteiger partial charge in [-0.1, -0.05) is 29.8 Å². The van der Waals surface area contributed by atoms with Crippen LogP contribution in [0.4, 0.5) is 0 Å². The normalized spacial score (nSPS) is 18.9. The van der Waals surface area contributed by atoms with Gasteiger partial charge in [0.25, 0.3) is 0 Å². The summed E-state index contributed by atoms with van der Waals surface area (Å²) in [6.45, 7) is 3.11. The Labute approximate surface area is 138 Å². The van der Waals surface area contributed by atoms with Gasteiger partial charge in [0, 0.05) is 24.5 Å². The molecular formula is C16H24Cl2N2O. The lowest BCUT2D eigenvalue weighted by Gasteiger charge is -2.26. The molecule has 1 fully saturated rings. The molecule has 5 heteroatoms. The molecule has 2 rings (SSSR count). The Hall–Kier alpha value is -0.770. The van der Waals surface area contributed by atoms with E-state index in [1.807, 2.05) is 38.2 Å². The van der Waals surface area contributed by atoms with Crippen molar-refractivity contribution < 1.29 is 4.79 Å². The number of rotatable bonds is 5. The zero-order chi connectivity index (χ0) is 14.5. The predicted molar refractivity (Wildman–Crippen MR) is 90.1 cm³/mol. The maximum atomic E-state index is 12.3. The van der Waals surface area contributed by atoms with E-state index in [0.717, 1.165) is 23.6 Å². The average Bonchev–Trinajstić information content (AvgIpc) is 2.97. The summed E-state index contributed by atoms with van der Waals surface area (Å²) in [7, 11) is 1.86. The monoisotopic (exact) mass is 330 g/mol. The average molecular weight is 331 g/mol. The molecule has 2 unspecified atom stereocenters. The highest BCUT2D eigenvalue weighted by Crippen LogP contribution is 2.26. The highest BCUT2D eigenvalue weighted by Gasteiger charge is 2.21. The largest absolute Gasteiger partial charge is 0.339 e. The topological polar surface area (TPSA) is 32.3 Å². The fourth-order valence-electron chi connectivity index (χ4n) is 2.72. The summed E-state index contributed by atoms with van der Waals surface area (Å²) in [6.07, 6.45) is 3.95. The van der Waals surface area contributed by atoms with Crippen LogP contribution < -0.4 is 5.32 Å². The first-order chi connectivity index (χ1) is 9.59. The number of nitrogens with one attached hydrogen (secondary N) is 1. The molecule has 2 atom stereocenters. The Morgan fingerprint density at radius 2 is 2.19 bits per heavy atom. The molecule has 1 amide bonds. The summed E-state index contributed by atoms with van der Waals surface area (Å²) in [4.78, 5) is 14.1. The van der Waals surface area contributed by atoms with E-state index in [1.54, 1.807) is 4.90 Å². The van der Waals surface area contributed by atoms with Gasteiger partial charge in [-0.05, 0) is 44.4 Å². The van der Waals surface area contributed by atoms with Crippen molar-refractivity contribution in [3.63, 3.8) is 0 Å². The summed E-state index contributed by atoms with van der Waals surface area (Å²) in [5.74, 6) is 0.186. The van der Waals surface area contributed by atoms with Crippen LogP contribution in [-0.4, -0.2) is 30.4 Å². The van der Waals surface area contributed by atoms with Crippen molar-refractivity contribution in [2.75, 3.05) is 13.6 Å². The number of halogens is 2. The van der Waals surface area contributed by atoms with Gasteiger partial charge in [-0.2, -0.15) is 0 Å². The Morgan fingerprint density at radius 3 is 2.81 bits per heavy atom. The first kappa shape index (κ1) is 18.3. The minimum atomic E-state index is 0. The lowest BCUT2D eigenvalue weighted by molar-refractivity contribution is -0.132. The molecule has 1 aliphatic heterocycles. The maximum Gasteiger partial charge on any atom is 0.222 e. The van der Waals surface area contributed by atoms with E-state index in [1.165, 1.54) is 12.8 Å². The summed E-state index contributed by atoms with van der Waals surface area (Å²) >= 11 is 6.20. The van der Waals surface area contributed by atoms with Crippen LogP contribution in [0.1, 0.15) is 44.2 Å². The second-order valence-electron chi connectivity index (χ2n) is 5.53. The molecule has 1 heterocycles. The van der Waals surface area contributed by atoms with Crippen molar-refractivity contribution in [1.82, 2.24) is 10.2 Å². The lowest BCUT2D eigenvalue weighted by atomic mass is 10.1. The van der Waals surface area contributed by atoms with Crippen molar-refractivity contribution in [2.24, 2.45) is 0 Å². The SMILES string of the molecule is CC(c1ccccc1Cl)N(C)C(=O)CCC1CCCN1.Cl. The molecule has 1 aromatic rings. The number of carbonyl (C=O) groups is 1. The quantitative estimate of drug-likeness (QED) is 0.890. The van der Waals surface area contributed by atoms with Crippen molar-refractivity contribution >= 4 is 29.9 Å². The van der Waals surface area contributed by atoms with E-state index in [2.05, 4.69) is 5.32 Å². The van der Waals surface area contributed by atoms with Gasteiger partial charge in [0.15, 0.2) is 0 Å². The molecule has 3 nitrogen and oxygen atoms in total. The van der Waals surface area contributed by atoms with Crippen molar-refractivity contribution in [2.45, 2.75) is 44.7 Å². The van der Waals surface area contributed by atoms with Gasteiger partial charge in [0.05, 0.1) is 6.04 Å². The first-order valence-electron chi connectivity index (χ1n) is 7.33. The van der Waals surface area contributed by atoms with Crippen LogP contribution in [0.5, 0.6) is 0 Å². The molecule has 0 spiro atoms. The summed E-state index contributed by atoms with van der Waals surface area (Å²) in [5, 5.41) is 4.15. The number of benzene rings is 1. The fraction of sp³-hybridized carbons (Fsp3) is 0.562. The molecule has 1 aromatic carbocycles. The zero-order valence-corrected chi connectivity index (χ0v) is 14.2. The lowest BCUT2D eigenvalue weighted by Crippen LogP contribution is -2.31. The van der Waals surface area contributed by atoms with E-state index < -0.39 is 0 Å². The van der Waals surface area contributed by atoms with Gasteiger partial charge >= 0.3 is 0 Å². The number of carbonyl (C=O) groups excluding carboxylic acids is 1. The fourth-order valence-corrected chi connectivity index (χ4v) is 3.01. The van der Waals surface area contributed by atoms with Gasteiger partial charge in [-0.25, -0.2) is 0 Å². The highest BCUT2D eigenvalue weighted by molar-refractivity contribution is 6.31. The molecule has 1 aliphatic rings. The van der Waals surface area contributed by atoms with Crippen LogP contribution in [0.15, 0.2) is 24.3 Å². The third-order valence-corrected chi connectivity index (χ3v) is 4.54. The van der Waals surface area contributed by atoms with Crippen molar-refractivity contribution in [3.8, 4) is 0 Å². The number of nitrogens with zero attached hydrogens (tertiary/aromatic N) is 1. The van der Waals surface area contributed by atoms with Gasteiger partial charge in [0.1, 0.15) is 0 Å². The molecular weight excluding hydrogens is 307 g/mol. The maximum absolute atomic E-state index is 12.3. The third-order valence-electron chi connectivity index (χ3n) is 4.20. The van der Waals surface area contributed by atoms with E-state index >= 15 is 0 Å². The minimum absolute atomic E-state index is 0. The van der Waals surface area contributed by atoms with Crippen LogP contribution >= 0.6 is 24.0 Å². The van der Waals surface area contributed by atoms with E-state index in [0.29, 0.717) is 12.5 Å². The van der Waals surface area contributed by atoms with Crippen LogP contribution in [0.2, 0.25) is 5.02 Å². The summed E-state index contributed by atoms with van der Waals surface area (Å²) in [6, 6.07) is 8.24. The molecule has 0 saturated carbocycles. The molecule has 118 valence electrons. The molecule has 1 saturated heterocycles. The van der Waals surface area contributed by atoms with Crippen molar-refractivity contribution in [3.05, 3.63) is 34.9 Å². The number of hydrogen-bond donors (Lipinski definition) is 1. The van der Waals surface area contributed by atoms with Crippen molar-refractivity contribution in [1.29, 1.82) is 0 Å². The first-order valence-corrected chi connectivity index (χ1v) is 7.71. The molecule has 1 N–H and O–H groups in total. The van der Waals surface area contributed by atoms with Gasteiger partial charge < -0.3 is 10.2 Å². The Bertz CT molecular complexity index is 461. The smallest absolute Gasteiger partial charge is 0.222 e. The van der Waals surface area contributed by atoms with E-state index in [4.69, 9.17) is 11.6 Å². The number of hydrogen-bond acceptors (Lipinski definition) is 2. The van der Waals surface area contributed by atoms with E-state index in [9.17, 15) is 4.79 Å². The Kier molecular flexibility index (Phi) is 7.50. The summed E-state index contributed by atoms with van der Waals surface area (Å²) in [5.41, 5.74) is 1.00. The van der Waals surface area contributed by atoms with Crippen LogP contribution in [0.25, 0.3) is 0 Å². The number of amides is 1. The van der Waals surface area contributed by atoms with Crippen LogP contribution in [0, 0.1) is 0 Å². The second kappa shape index (κ2) is 8.62. The van der Waals surface area contributed by atoms with Crippen LogP contribution in [0.3, 0.4) is 0 Å². The van der Waals surface area contributed by atoms with E-state index in [-0.39, 0.29) is 24.4 Å². The Morgan fingerprint density at radius 1 is 1.48 bits per heavy atom. The van der Waals surface area contributed by atoms with Gasteiger partial charge in [0.2, 0.25) is 5.91 Å². The minimum Gasteiger partial charge on any atom is -0.339 e. The third kappa shape index (κ3) is 4.87. The molecule has 0 aromatic heterocycles. The summed E-state index contributed by atoms with van der Waals surface area (Å²) < 4.78 is 0. The second-order valence-corrected chi connectivity index (χ2v) is 5.94. The highest BCUT2D eigenvalue weighted by atomic mass is 35.5. The molecule has 0 aliphatic carbocycles. The van der Waals surface area contributed by atoms with Gasteiger partial charge in [-0.3, -0.25) is 4.79 Å². The Balaban J connectivity index is 0.00000220. The molecule has 0 bridgehead atoms. The standard InChI is InChI=1S/C16H23ClN2O.ClH/c1-12(14-7-3-4-8-15(14)17)19(2)16(20)10-9-13-6-5-11-18-13;/h3-4,7-8,12-13,18H,5-6,9-11H2,1-2H3;1H.